The Bertz CT molecular complexity index is 544. The average molecular weight is 363 g/mol. The maximum atomic E-state index is 9.53. The third-order valence-electron chi connectivity index (χ3n) is 5.99. The van der Waals surface area contributed by atoms with Gasteiger partial charge in [-0.15, -0.1) is 0 Å². The van der Waals surface area contributed by atoms with Crippen LogP contribution in [0.15, 0.2) is 6.20 Å². The molecule has 1 atom stereocenters. The van der Waals surface area contributed by atoms with Crippen LogP contribution in [0.5, 0.6) is 0 Å². The number of aliphatic hydroxyl groups excluding tert-OH is 1. The molecule has 1 saturated heterocycles. The summed E-state index contributed by atoms with van der Waals surface area (Å²) in [5.41, 5.74) is 3.08. The predicted molar refractivity (Wildman–Crippen MR) is 106 cm³/mol. The molecule has 1 aromatic heterocycles. The molecule has 5 nitrogen and oxygen atoms in total. The standard InChI is InChI=1S/C21H38N4O/c1-21(2,3)16-25-11-10-24(15-19(25)9-12-26)14-18-13-22-23-20(18)17-7-5-4-6-8-17/h13,17,19,26H,4-12,14-16H2,1-3H3,(H,22,23)/t19-/m0/s1. The largest absolute Gasteiger partial charge is 0.396 e. The van der Waals surface area contributed by atoms with E-state index in [1.807, 2.05) is 6.20 Å². The monoisotopic (exact) mass is 362 g/mol. The lowest BCUT2D eigenvalue weighted by Crippen LogP contribution is -2.54. The lowest BCUT2D eigenvalue weighted by Gasteiger charge is -2.44. The van der Waals surface area contributed by atoms with Crippen LogP contribution in [0.25, 0.3) is 0 Å². The van der Waals surface area contributed by atoms with Crippen molar-refractivity contribution < 1.29 is 5.11 Å². The van der Waals surface area contributed by atoms with Gasteiger partial charge in [0.1, 0.15) is 0 Å². The van der Waals surface area contributed by atoms with Gasteiger partial charge in [-0.2, -0.15) is 5.10 Å². The first kappa shape index (κ1) is 19.8. The van der Waals surface area contributed by atoms with Crippen molar-refractivity contribution in [2.75, 3.05) is 32.8 Å². The number of nitrogens with one attached hydrogen (secondary N) is 1. The van der Waals surface area contributed by atoms with E-state index in [4.69, 9.17) is 0 Å². The highest BCUT2D eigenvalue weighted by Gasteiger charge is 2.30. The Morgan fingerprint density at radius 2 is 1.96 bits per heavy atom. The lowest BCUT2D eigenvalue weighted by atomic mass is 9.85. The average Bonchev–Trinajstić information content (AvgIpc) is 3.05. The van der Waals surface area contributed by atoms with Gasteiger partial charge in [0, 0.05) is 62.5 Å². The number of rotatable bonds is 6. The molecule has 0 unspecified atom stereocenters. The molecule has 2 fully saturated rings. The highest BCUT2D eigenvalue weighted by molar-refractivity contribution is 5.21. The molecule has 0 radical (unpaired) electrons. The highest BCUT2D eigenvalue weighted by atomic mass is 16.3. The minimum absolute atomic E-state index is 0.276. The fourth-order valence-corrected chi connectivity index (χ4v) is 4.77. The molecule has 5 heteroatoms. The fraction of sp³-hybridized carbons (Fsp3) is 0.857. The second-order valence-corrected chi connectivity index (χ2v) is 9.58. The molecule has 0 spiro atoms. The van der Waals surface area contributed by atoms with Gasteiger partial charge >= 0.3 is 0 Å². The summed E-state index contributed by atoms with van der Waals surface area (Å²) in [7, 11) is 0. The quantitative estimate of drug-likeness (QED) is 0.815. The Balaban J connectivity index is 1.62. The van der Waals surface area contributed by atoms with Crippen molar-refractivity contribution in [2.45, 2.75) is 77.8 Å². The van der Waals surface area contributed by atoms with Crippen LogP contribution in [-0.2, 0) is 6.54 Å². The Morgan fingerprint density at radius 1 is 1.19 bits per heavy atom. The molecule has 1 aliphatic heterocycles. The van der Waals surface area contributed by atoms with Crippen LogP contribution in [0.1, 0.15) is 76.5 Å². The number of aromatic nitrogens is 2. The van der Waals surface area contributed by atoms with Crippen molar-refractivity contribution in [1.29, 1.82) is 0 Å². The summed E-state index contributed by atoms with van der Waals surface area (Å²) in [6.07, 6.45) is 9.63. The Kier molecular flexibility index (Phi) is 6.76. The van der Waals surface area contributed by atoms with E-state index < -0.39 is 0 Å². The van der Waals surface area contributed by atoms with Gasteiger partial charge in [-0.05, 0) is 24.7 Å². The Hall–Kier alpha value is -0.910. The van der Waals surface area contributed by atoms with Crippen molar-refractivity contribution in [2.24, 2.45) is 5.41 Å². The molecule has 0 amide bonds. The fourth-order valence-electron chi connectivity index (χ4n) is 4.77. The van der Waals surface area contributed by atoms with E-state index in [0.29, 0.717) is 17.4 Å². The van der Waals surface area contributed by atoms with Crippen LogP contribution in [-0.4, -0.2) is 63.9 Å². The second kappa shape index (κ2) is 8.85. The van der Waals surface area contributed by atoms with Crippen molar-refractivity contribution in [3.8, 4) is 0 Å². The minimum atomic E-state index is 0.276. The van der Waals surface area contributed by atoms with E-state index in [2.05, 4.69) is 40.8 Å². The van der Waals surface area contributed by atoms with Crippen molar-refractivity contribution in [1.82, 2.24) is 20.0 Å². The highest BCUT2D eigenvalue weighted by Crippen LogP contribution is 2.33. The minimum Gasteiger partial charge on any atom is -0.396 e. The molecule has 2 N–H and O–H groups in total. The maximum Gasteiger partial charge on any atom is 0.0535 e. The molecule has 26 heavy (non-hydrogen) atoms. The van der Waals surface area contributed by atoms with E-state index in [-0.39, 0.29) is 6.61 Å². The van der Waals surface area contributed by atoms with Crippen LogP contribution < -0.4 is 0 Å². The van der Waals surface area contributed by atoms with Crippen molar-refractivity contribution in [3.63, 3.8) is 0 Å². The molecule has 0 bridgehead atoms. The molecular formula is C21H38N4O. The molecule has 1 saturated carbocycles. The van der Waals surface area contributed by atoms with Crippen LogP contribution in [0.4, 0.5) is 0 Å². The molecule has 3 rings (SSSR count). The van der Waals surface area contributed by atoms with Crippen molar-refractivity contribution >= 4 is 0 Å². The van der Waals surface area contributed by atoms with Gasteiger partial charge in [0.15, 0.2) is 0 Å². The molecule has 0 aromatic carbocycles. The van der Waals surface area contributed by atoms with Crippen LogP contribution >= 0.6 is 0 Å². The molecule has 1 aliphatic carbocycles. The number of H-pyrrole nitrogens is 1. The van der Waals surface area contributed by atoms with Crippen LogP contribution in [0.3, 0.4) is 0 Å². The zero-order chi connectivity index (χ0) is 18.6. The molecule has 2 heterocycles. The summed E-state index contributed by atoms with van der Waals surface area (Å²) in [6, 6.07) is 0.456. The number of hydrogen-bond donors (Lipinski definition) is 2. The molecule has 1 aromatic rings. The summed E-state index contributed by atoms with van der Waals surface area (Å²) in [5, 5.41) is 17.2. The van der Waals surface area contributed by atoms with E-state index >= 15 is 0 Å². The van der Waals surface area contributed by atoms with Gasteiger partial charge in [-0.1, -0.05) is 40.0 Å². The Labute approximate surface area is 159 Å². The number of aromatic amines is 1. The molecule has 2 aliphatic rings. The zero-order valence-corrected chi connectivity index (χ0v) is 17.0. The Morgan fingerprint density at radius 3 is 2.65 bits per heavy atom. The smallest absolute Gasteiger partial charge is 0.0535 e. The lowest BCUT2D eigenvalue weighted by molar-refractivity contribution is 0.0338. The van der Waals surface area contributed by atoms with Crippen LogP contribution in [0, 0.1) is 5.41 Å². The third-order valence-corrected chi connectivity index (χ3v) is 5.99. The topological polar surface area (TPSA) is 55.4 Å². The predicted octanol–water partition coefficient (Wildman–Crippen LogP) is 3.37. The maximum absolute atomic E-state index is 9.53. The second-order valence-electron chi connectivity index (χ2n) is 9.58. The summed E-state index contributed by atoms with van der Waals surface area (Å²) >= 11 is 0. The molecular weight excluding hydrogens is 324 g/mol. The first-order chi connectivity index (χ1) is 12.5. The first-order valence-electron chi connectivity index (χ1n) is 10.6. The van der Waals surface area contributed by atoms with Crippen molar-refractivity contribution in [3.05, 3.63) is 17.5 Å². The van der Waals surface area contributed by atoms with Gasteiger partial charge in [0.05, 0.1) is 6.20 Å². The van der Waals surface area contributed by atoms with Gasteiger partial charge in [0.2, 0.25) is 0 Å². The van der Waals surface area contributed by atoms with Gasteiger partial charge in [0.25, 0.3) is 0 Å². The van der Waals surface area contributed by atoms with Gasteiger partial charge in [-0.3, -0.25) is 14.9 Å². The summed E-state index contributed by atoms with van der Waals surface area (Å²) in [5.74, 6) is 0.677. The van der Waals surface area contributed by atoms with E-state index in [9.17, 15) is 5.11 Å². The summed E-state index contributed by atoms with van der Waals surface area (Å²) < 4.78 is 0. The number of piperazine rings is 1. The zero-order valence-electron chi connectivity index (χ0n) is 17.0. The van der Waals surface area contributed by atoms with E-state index in [1.165, 1.54) is 43.4 Å². The first-order valence-corrected chi connectivity index (χ1v) is 10.6. The SMILES string of the molecule is CC(C)(C)CN1CCN(Cc2cn[nH]c2C2CCCCC2)C[C@@H]1CCO. The van der Waals surface area contributed by atoms with E-state index in [1.54, 1.807) is 0 Å². The summed E-state index contributed by atoms with van der Waals surface area (Å²) in [6.45, 7) is 12.5. The normalized spacial score (nSPS) is 24.2. The third kappa shape index (κ3) is 5.30. The number of hydrogen-bond acceptors (Lipinski definition) is 4. The number of nitrogens with zero attached hydrogens (tertiary/aromatic N) is 3. The van der Waals surface area contributed by atoms with Gasteiger partial charge < -0.3 is 5.11 Å². The summed E-state index contributed by atoms with van der Waals surface area (Å²) in [4.78, 5) is 5.15. The van der Waals surface area contributed by atoms with Crippen LogP contribution in [0.2, 0.25) is 0 Å². The number of aliphatic hydroxyl groups is 1. The van der Waals surface area contributed by atoms with E-state index in [0.717, 1.165) is 39.1 Å². The van der Waals surface area contributed by atoms with Gasteiger partial charge in [-0.25, -0.2) is 0 Å². The molecule has 148 valence electrons.